The summed E-state index contributed by atoms with van der Waals surface area (Å²) in [6.07, 6.45) is 3.92. The van der Waals surface area contributed by atoms with Crippen molar-refractivity contribution in [1.82, 2.24) is 0 Å². The number of aryl methyl sites for hydroxylation is 1. The predicted octanol–water partition coefficient (Wildman–Crippen LogP) is 5.26. The zero-order chi connectivity index (χ0) is 14.1. The summed E-state index contributed by atoms with van der Waals surface area (Å²) >= 11 is 3.46. The van der Waals surface area contributed by atoms with Crippen molar-refractivity contribution in [3.05, 3.63) is 69.2 Å². The molecule has 0 bridgehead atoms. The van der Waals surface area contributed by atoms with Crippen LogP contribution in [-0.4, -0.2) is 5.78 Å². The Morgan fingerprint density at radius 1 is 1.05 bits per heavy atom. The van der Waals surface area contributed by atoms with Crippen LogP contribution in [0.1, 0.15) is 52.2 Å². The molecule has 0 heterocycles. The second kappa shape index (κ2) is 5.53. The Morgan fingerprint density at radius 3 is 2.25 bits per heavy atom. The fourth-order valence-corrected chi connectivity index (χ4v) is 2.85. The van der Waals surface area contributed by atoms with Gasteiger partial charge in [-0.1, -0.05) is 46.6 Å². The zero-order valence-corrected chi connectivity index (χ0v) is 13.1. The molecule has 0 atom stereocenters. The van der Waals surface area contributed by atoms with Crippen LogP contribution in [0, 0.1) is 6.92 Å². The molecule has 0 amide bonds. The largest absolute Gasteiger partial charge is 0.289 e. The second-order valence-electron chi connectivity index (χ2n) is 5.54. The molecule has 102 valence electrons. The molecule has 3 rings (SSSR count). The van der Waals surface area contributed by atoms with E-state index in [9.17, 15) is 4.79 Å². The van der Waals surface area contributed by atoms with Gasteiger partial charge in [-0.15, -0.1) is 0 Å². The van der Waals surface area contributed by atoms with E-state index < -0.39 is 0 Å². The first-order valence-electron chi connectivity index (χ1n) is 7.06. The first kappa shape index (κ1) is 13.6. The molecule has 0 aliphatic heterocycles. The summed E-state index contributed by atoms with van der Waals surface area (Å²) in [5.41, 5.74) is 3.98. The summed E-state index contributed by atoms with van der Waals surface area (Å²) in [6.45, 7) is 2.00. The minimum absolute atomic E-state index is 0.0979. The Kier molecular flexibility index (Phi) is 3.75. The van der Waals surface area contributed by atoms with E-state index in [0.717, 1.165) is 21.2 Å². The number of benzene rings is 2. The van der Waals surface area contributed by atoms with E-state index >= 15 is 0 Å². The molecule has 2 aromatic carbocycles. The average molecular weight is 329 g/mol. The van der Waals surface area contributed by atoms with Crippen LogP contribution >= 0.6 is 15.9 Å². The fraction of sp³-hybridized carbons (Fsp3) is 0.278. The summed E-state index contributed by atoms with van der Waals surface area (Å²) in [4.78, 5) is 12.5. The molecule has 0 radical (unpaired) electrons. The fourth-order valence-electron chi connectivity index (χ4n) is 2.60. The van der Waals surface area contributed by atoms with Crippen molar-refractivity contribution < 1.29 is 4.79 Å². The molecule has 0 N–H and O–H groups in total. The molecule has 1 saturated carbocycles. The van der Waals surface area contributed by atoms with Crippen LogP contribution in [0.5, 0.6) is 0 Å². The number of halogens is 1. The topological polar surface area (TPSA) is 17.1 Å². The van der Waals surface area contributed by atoms with Crippen LogP contribution in [0.15, 0.2) is 46.9 Å². The van der Waals surface area contributed by atoms with Crippen LogP contribution in [0.4, 0.5) is 0 Å². The highest BCUT2D eigenvalue weighted by Gasteiger charge is 2.19. The van der Waals surface area contributed by atoms with Crippen LogP contribution in [0.2, 0.25) is 0 Å². The molecule has 20 heavy (non-hydrogen) atoms. The lowest BCUT2D eigenvalue weighted by atomic mass is 9.80. The normalized spacial score (nSPS) is 14.9. The molecule has 0 aromatic heterocycles. The van der Waals surface area contributed by atoms with Gasteiger partial charge in [-0.3, -0.25) is 4.79 Å². The summed E-state index contributed by atoms with van der Waals surface area (Å²) in [6, 6.07) is 13.9. The monoisotopic (exact) mass is 328 g/mol. The maximum absolute atomic E-state index is 12.5. The van der Waals surface area contributed by atoms with Crippen molar-refractivity contribution in [3.8, 4) is 0 Å². The first-order valence-corrected chi connectivity index (χ1v) is 7.85. The quantitative estimate of drug-likeness (QED) is 0.702. The number of rotatable bonds is 3. The van der Waals surface area contributed by atoms with E-state index in [1.807, 2.05) is 37.3 Å². The van der Waals surface area contributed by atoms with Crippen molar-refractivity contribution in [3.63, 3.8) is 0 Å². The number of hydrogen-bond donors (Lipinski definition) is 0. The van der Waals surface area contributed by atoms with Gasteiger partial charge in [0, 0.05) is 15.6 Å². The van der Waals surface area contributed by atoms with E-state index in [0.29, 0.717) is 5.92 Å². The van der Waals surface area contributed by atoms with Crippen LogP contribution in [0.25, 0.3) is 0 Å². The number of carbonyl (C=O) groups excluding carboxylic acids is 1. The highest BCUT2D eigenvalue weighted by Crippen LogP contribution is 2.36. The molecule has 2 aromatic rings. The predicted molar refractivity (Wildman–Crippen MR) is 85.3 cm³/mol. The Morgan fingerprint density at radius 2 is 1.70 bits per heavy atom. The maximum Gasteiger partial charge on any atom is 0.193 e. The van der Waals surface area contributed by atoms with Gasteiger partial charge in [-0.25, -0.2) is 0 Å². The third-order valence-electron chi connectivity index (χ3n) is 4.17. The molecule has 2 heteroatoms. The van der Waals surface area contributed by atoms with Gasteiger partial charge in [0.25, 0.3) is 0 Å². The van der Waals surface area contributed by atoms with E-state index in [2.05, 4.69) is 28.1 Å². The van der Waals surface area contributed by atoms with Crippen molar-refractivity contribution in [1.29, 1.82) is 0 Å². The molecule has 1 fully saturated rings. The highest BCUT2D eigenvalue weighted by atomic mass is 79.9. The first-order chi connectivity index (χ1) is 9.65. The Hall–Kier alpha value is -1.41. The van der Waals surface area contributed by atoms with Gasteiger partial charge in [-0.2, -0.15) is 0 Å². The molecular weight excluding hydrogens is 312 g/mol. The van der Waals surface area contributed by atoms with Crippen molar-refractivity contribution in [2.24, 2.45) is 0 Å². The van der Waals surface area contributed by atoms with Gasteiger partial charge >= 0.3 is 0 Å². The lowest BCUT2D eigenvalue weighted by molar-refractivity contribution is 0.103. The van der Waals surface area contributed by atoms with E-state index in [1.54, 1.807) is 0 Å². The smallest absolute Gasteiger partial charge is 0.193 e. The third kappa shape index (κ3) is 2.57. The third-order valence-corrected chi connectivity index (χ3v) is 5.06. The lowest BCUT2D eigenvalue weighted by Crippen LogP contribution is -2.09. The van der Waals surface area contributed by atoms with Crippen molar-refractivity contribution >= 4 is 21.7 Å². The lowest BCUT2D eigenvalue weighted by Gasteiger charge is -2.25. The second-order valence-corrected chi connectivity index (χ2v) is 6.40. The molecule has 1 aliphatic rings. The number of hydrogen-bond acceptors (Lipinski definition) is 1. The molecule has 0 saturated heterocycles. The highest BCUT2D eigenvalue weighted by molar-refractivity contribution is 9.10. The minimum atomic E-state index is 0.0979. The number of ketones is 1. The van der Waals surface area contributed by atoms with Gasteiger partial charge in [0.2, 0.25) is 0 Å². The van der Waals surface area contributed by atoms with Gasteiger partial charge < -0.3 is 0 Å². The van der Waals surface area contributed by atoms with Gasteiger partial charge in [0.1, 0.15) is 0 Å². The Bertz CT molecular complexity index is 639. The average Bonchev–Trinajstić information content (AvgIpc) is 2.40. The summed E-state index contributed by atoms with van der Waals surface area (Å²) in [7, 11) is 0. The van der Waals surface area contributed by atoms with E-state index in [4.69, 9.17) is 0 Å². The van der Waals surface area contributed by atoms with Crippen LogP contribution in [-0.2, 0) is 0 Å². The van der Waals surface area contributed by atoms with E-state index in [-0.39, 0.29) is 5.78 Å². The van der Waals surface area contributed by atoms with Gasteiger partial charge in [0.15, 0.2) is 5.78 Å². The van der Waals surface area contributed by atoms with Crippen molar-refractivity contribution in [2.75, 3.05) is 0 Å². The standard InChI is InChI=1S/C18H17BrO/c1-12-11-16(9-10-17(12)19)18(20)15-7-5-14(6-8-15)13-3-2-4-13/h5-11,13H,2-4H2,1H3. The van der Waals surface area contributed by atoms with Crippen molar-refractivity contribution in [2.45, 2.75) is 32.1 Å². The van der Waals surface area contributed by atoms with Gasteiger partial charge in [0.05, 0.1) is 0 Å². The Labute approximate surface area is 128 Å². The maximum atomic E-state index is 12.5. The molecular formula is C18H17BrO. The minimum Gasteiger partial charge on any atom is -0.289 e. The van der Waals surface area contributed by atoms with Crippen LogP contribution in [0.3, 0.4) is 0 Å². The van der Waals surface area contributed by atoms with Crippen LogP contribution < -0.4 is 0 Å². The summed E-state index contributed by atoms with van der Waals surface area (Å²) < 4.78 is 1.04. The Balaban J connectivity index is 1.84. The molecule has 0 spiro atoms. The summed E-state index contributed by atoms with van der Waals surface area (Å²) in [5, 5.41) is 0. The number of carbonyl (C=O) groups is 1. The van der Waals surface area contributed by atoms with E-state index in [1.165, 1.54) is 24.8 Å². The SMILES string of the molecule is Cc1cc(C(=O)c2ccc(C3CCC3)cc2)ccc1Br. The molecule has 1 aliphatic carbocycles. The molecule has 0 unspecified atom stereocenters. The summed E-state index contributed by atoms with van der Waals surface area (Å²) in [5.74, 6) is 0.815. The molecule has 1 nitrogen and oxygen atoms in total. The zero-order valence-electron chi connectivity index (χ0n) is 11.5. The van der Waals surface area contributed by atoms with Gasteiger partial charge in [-0.05, 0) is 55.0 Å².